The molecule has 0 aliphatic carbocycles. The van der Waals surface area contributed by atoms with Crippen molar-refractivity contribution in [1.29, 1.82) is 0 Å². The maximum atomic E-state index is 11.7. The van der Waals surface area contributed by atoms with Crippen molar-refractivity contribution in [3.05, 3.63) is 23.8 Å². The monoisotopic (exact) mass is 234 g/mol. The summed E-state index contributed by atoms with van der Waals surface area (Å²) >= 11 is 0. The van der Waals surface area contributed by atoms with Crippen LogP contribution in [-0.4, -0.2) is 24.8 Å². The van der Waals surface area contributed by atoms with E-state index in [2.05, 4.69) is 0 Å². The van der Waals surface area contributed by atoms with Gasteiger partial charge in [-0.1, -0.05) is 6.07 Å². The summed E-state index contributed by atoms with van der Waals surface area (Å²) in [6.07, 6.45) is 0. The lowest BCUT2D eigenvalue weighted by atomic mass is 10.1. The smallest absolute Gasteiger partial charge is 0.265 e. The molecule has 17 heavy (non-hydrogen) atoms. The summed E-state index contributed by atoms with van der Waals surface area (Å²) in [6, 6.07) is 5.39. The molecular weight excluding hydrogens is 220 g/mol. The average molecular weight is 234 g/mol. The Balaban J connectivity index is 2.37. The number of ether oxygens (including phenoxy) is 1. The van der Waals surface area contributed by atoms with E-state index >= 15 is 0 Å². The molecule has 0 spiro atoms. The zero-order valence-corrected chi connectivity index (χ0v) is 9.60. The molecule has 1 aliphatic heterocycles. The molecule has 0 saturated carbocycles. The van der Waals surface area contributed by atoms with Gasteiger partial charge in [0, 0.05) is 6.54 Å². The van der Waals surface area contributed by atoms with Crippen LogP contribution in [-0.2, 0) is 16.1 Å². The Kier molecular flexibility index (Phi) is 3.10. The highest BCUT2D eigenvalue weighted by molar-refractivity contribution is 6.02. The Bertz CT molecular complexity index is 471. The first kappa shape index (κ1) is 11.6. The largest absolute Gasteiger partial charge is 0.482 e. The first-order chi connectivity index (χ1) is 8.11. The van der Waals surface area contributed by atoms with Gasteiger partial charge in [0.25, 0.3) is 5.91 Å². The van der Waals surface area contributed by atoms with Crippen LogP contribution in [0.25, 0.3) is 0 Å². The number of Topliss-reactive ketones (excluding diaryl/α,β-unsaturated/α-hetero) is 1. The lowest BCUT2D eigenvalue weighted by Gasteiger charge is -2.28. The van der Waals surface area contributed by atoms with Gasteiger partial charge in [-0.05, 0) is 24.6 Å². The van der Waals surface area contributed by atoms with Crippen molar-refractivity contribution in [3.63, 3.8) is 0 Å². The summed E-state index contributed by atoms with van der Waals surface area (Å²) in [6.45, 7) is 1.92. The molecule has 90 valence electrons. The summed E-state index contributed by atoms with van der Waals surface area (Å²) in [5.74, 6) is 0.344. The number of ketones is 1. The average Bonchev–Trinajstić information content (AvgIpc) is 2.32. The van der Waals surface area contributed by atoms with Crippen LogP contribution in [0.3, 0.4) is 0 Å². The standard InChI is InChI=1S/C12H14N2O3/c1-8(15)6-14-10-3-2-9(5-13)4-11(10)17-7-12(14)16/h2-4H,5-7,13H2,1H3. The highest BCUT2D eigenvalue weighted by Gasteiger charge is 2.26. The Morgan fingerprint density at radius 3 is 2.94 bits per heavy atom. The third-order valence-electron chi connectivity index (χ3n) is 2.58. The topological polar surface area (TPSA) is 72.6 Å². The highest BCUT2D eigenvalue weighted by Crippen LogP contribution is 2.32. The minimum atomic E-state index is -0.201. The Hall–Kier alpha value is -1.88. The molecule has 5 nitrogen and oxygen atoms in total. The molecule has 1 aliphatic rings. The number of hydrogen-bond acceptors (Lipinski definition) is 4. The fraction of sp³-hybridized carbons (Fsp3) is 0.333. The van der Waals surface area contributed by atoms with Crippen molar-refractivity contribution < 1.29 is 14.3 Å². The number of nitrogens with two attached hydrogens (primary N) is 1. The second-order valence-electron chi connectivity index (χ2n) is 3.98. The van der Waals surface area contributed by atoms with Crippen LogP contribution in [0.15, 0.2) is 18.2 Å². The van der Waals surface area contributed by atoms with Crippen molar-refractivity contribution in [3.8, 4) is 5.75 Å². The maximum absolute atomic E-state index is 11.7. The van der Waals surface area contributed by atoms with Crippen LogP contribution in [0.5, 0.6) is 5.75 Å². The molecule has 0 bridgehead atoms. The SMILES string of the molecule is CC(=O)CN1C(=O)COc2cc(CN)ccc21. The summed E-state index contributed by atoms with van der Waals surface area (Å²) in [5, 5.41) is 0. The summed E-state index contributed by atoms with van der Waals surface area (Å²) in [5.41, 5.74) is 7.10. The molecule has 0 atom stereocenters. The molecule has 1 amide bonds. The quantitative estimate of drug-likeness (QED) is 0.824. The Morgan fingerprint density at radius 2 is 2.29 bits per heavy atom. The molecule has 0 fully saturated rings. The van der Waals surface area contributed by atoms with Crippen LogP contribution in [0.2, 0.25) is 0 Å². The molecule has 1 heterocycles. The number of fused-ring (bicyclic) bond motifs is 1. The van der Waals surface area contributed by atoms with E-state index in [9.17, 15) is 9.59 Å². The number of benzene rings is 1. The summed E-state index contributed by atoms with van der Waals surface area (Å²) < 4.78 is 5.33. The van der Waals surface area contributed by atoms with Gasteiger partial charge in [-0.2, -0.15) is 0 Å². The van der Waals surface area contributed by atoms with Crippen molar-refractivity contribution in [2.75, 3.05) is 18.1 Å². The van der Waals surface area contributed by atoms with Gasteiger partial charge in [0.2, 0.25) is 0 Å². The van der Waals surface area contributed by atoms with E-state index in [1.54, 1.807) is 12.1 Å². The molecule has 0 unspecified atom stereocenters. The minimum Gasteiger partial charge on any atom is -0.482 e. The van der Waals surface area contributed by atoms with Crippen molar-refractivity contribution >= 4 is 17.4 Å². The zero-order valence-electron chi connectivity index (χ0n) is 9.60. The van der Waals surface area contributed by atoms with Crippen LogP contribution in [0.4, 0.5) is 5.69 Å². The highest BCUT2D eigenvalue weighted by atomic mass is 16.5. The third-order valence-corrected chi connectivity index (χ3v) is 2.58. The Morgan fingerprint density at radius 1 is 1.53 bits per heavy atom. The fourth-order valence-electron chi connectivity index (χ4n) is 1.77. The van der Waals surface area contributed by atoms with E-state index in [1.165, 1.54) is 11.8 Å². The number of carbonyl (C=O) groups excluding carboxylic acids is 2. The van der Waals surface area contributed by atoms with Crippen molar-refractivity contribution in [2.24, 2.45) is 5.73 Å². The van der Waals surface area contributed by atoms with Gasteiger partial charge in [-0.3, -0.25) is 14.5 Å². The van der Waals surface area contributed by atoms with Gasteiger partial charge >= 0.3 is 0 Å². The number of nitrogens with zero attached hydrogens (tertiary/aromatic N) is 1. The molecular formula is C12H14N2O3. The van der Waals surface area contributed by atoms with Crippen molar-refractivity contribution in [2.45, 2.75) is 13.5 Å². The van der Waals surface area contributed by atoms with Crippen LogP contribution < -0.4 is 15.4 Å². The fourth-order valence-corrected chi connectivity index (χ4v) is 1.77. The molecule has 2 N–H and O–H groups in total. The van der Waals surface area contributed by atoms with Gasteiger partial charge in [-0.15, -0.1) is 0 Å². The maximum Gasteiger partial charge on any atom is 0.265 e. The van der Waals surface area contributed by atoms with Gasteiger partial charge in [0.15, 0.2) is 6.61 Å². The second-order valence-corrected chi connectivity index (χ2v) is 3.98. The summed E-state index contributed by atoms with van der Waals surface area (Å²) in [7, 11) is 0. The molecule has 1 aromatic carbocycles. The number of amides is 1. The predicted octanol–water partition coefficient (Wildman–Crippen LogP) is 0.460. The number of hydrogen-bond donors (Lipinski definition) is 1. The van der Waals surface area contributed by atoms with Crippen LogP contribution >= 0.6 is 0 Å². The number of carbonyl (C=O) groups is 2. The molecule has 0 saturated heterocycles. The van der Waals surface area contributed by atoms with E-state index in [0.717, 1.165) is 5.56 Å². The van der Waals surface area contributed by atoms with Gasteiger partial charge < -0.3 is 10.5 Å². The van der Waals surface area contributed by atoms with E-state index in [4.69, 9.17) is 10.5 Å². The Labute approximate surface area is 99.2 Å². The number of anilines is 1. The van der Waals surface area contributed by atoms with E-state index in [-0.39, 0.29) is 24.8 Å². The predicted molar refractivity (Wildman–Crippen MR) is 62.9 cm³/mol. The first-order valence-corrected chi connectivity index (χ1v) is 5.37. The molecule has 1 aromatic rings. The number of rotatable bonds is 3. The zero-order chi connectivity index (χ0) is 12.4. The molecule has 5 heteroatoms. The van der Waals surface area contributed by atoms with E-state index < -0.39 is 0 Å². The minimum absolute atomic E-state index is 0.0334. The molecule has 0 aromatic heterocycles. The van der Waals surface area contributed by atoms with Crippen LogP contribution in [0.1, 0.15) is 12.5 Å². The van der Waals surface area contributed by atoms with E-state index in [0.29, 0.717) is 18.0 Å². The van der Waals surface area contributed by atoms with Crippen LogP contribution in [0, 0.1) is 0 Å². The van der Waals surface area contributed by atoms with E-state index in [1.807, 2.05) is 6.07 Å². The third kappa shape index (κ3) is 2.29. The van der Waals surface area contributed by atoms with Gasteiger partial charge in [0.1, 0.15) is 11.5 Å². The normalized spacial score (nSPS) is 14.2. The lowest BCUT2D eigenvalue weighted by molar-refractivity contribution is -0.123. The molecule has 0 radical (unpaired) electrons. The summed E-state index contributed by atoms with van der Waals surface area (Å²) in [4.78, 5) is 24.3. The lowest BCUT2D eigenvalue weighted by Crippen LogP contribution is -2.41. The van der Waals surface area contributed by atoms with Gasteiger partial charge in [-0.25, -0.2) is 0 Å². The first-order valence-electron chi connectivity index (χ1n) is 5.37. The van der Waals surface area contributed by atoms with Crippen molar-refractivity contribution in [1.82, 2.24) is 0 Å². The molecule has 2 rings (SSSR count). The van der Waals surface area contributed by atoms with Gasteiger partial charge in [0.05, 0.1) is 12.2 Å². The second kappa shape index (κ2) is 4.55.